The van der Waals surface area contributed by atoms with Gasteiger partial charge in [0.25, 0.3) is 0 Å². The summed E-state index contributed by atoms with van der Waals surface area (Å²) in [7, 11) is 0. The molecule has 2 aliphatic rings. The van der Waals surface area contributed by atoms with E-state index < -0.39 is 0 Å². The topological polar surface area (TPSA) is 12.0 Å². The minimum atomic E-state index is 0.582. The molecular weight excluding hydrogens is 250 g/mol. The first-order valence-corrected chi connectivity index (χ1v) is 8.98. The van der Waals surface area contributed by atoms with Crippen LogP contribution in [0.2, 0.25) is 0 Å². The second-order valence-electron chi connectivity index (χ2n) is 6.01. The Labute approximate surface area is 121 Å². The summed E-state index contributed by atoms with van der Waals surface area (Å²) < 4.78 is 0. The fraction of sp³-hybridized carbons (Fsp3) is 0.647. The van der Waals surface area contributed by atoms with Crippen molar-refractivity contribution in [2.75, 3.05) is 12.3 Å². The Bertz CT molecular complexity index is 398. The van der Waals surface area contributed by atoms with Gasteiger partial charge in [-0.05, 0) is 36.4 Å². The maximum absolute atomic E-state index is 3.78. The first kappa shape index (κ1) is 13.5. The number of nitrogens with one attached hydrogen (secondary N) is 1. The van der Waals surface area contributed by atoms with Crippen LogP contribution in [0.15, 0.2) is 24.3 Å². The van der Waals surface area contributed by atoms with Crippen molar-refractivity contribution in [1.29, 1.82) is 0 Å². The van der Waals surface area contributed by atoms with Crippen LogP contribution in [0.5, 0.6) is 0 Å². The lowest BCUT2D eigenvalue weighted by Gasteiger charge is -2.26. The summed E-state index contributed by atoms with van der Waals surface area (Å²) in [5.74, 6) is 3.46. The second-order valence-corrected chi connectivity index (χ2v) is 7.04. The zero-order valence-electron chi connectivity index (χ0n) is 11.7. The van der Waals surface area contributed by atoms with Crippen molar-refractivity contribution in [3.8, 4) is 0 Å². The van der Waals surface area contributed by atoms with Gasteiger partial charge in [-0.3, -0.25) is 0 Å². The van der Waals surface area contributed by atoms with Crippen molar-refractivity contribution >= 4 is 11.8 Å². The number of fused-ring (bicyclic) bond motifs is 1. The zero-order chi connectivity index (χ0) is 12.9. The van der Waals surface area contributed by atoms with E-state index >= 15 is 0 Å². The molecule has 1 aromatic rings. The number of thioether (sulfide) groups is 1. The predicted molar refractivity (Wildman–Crippen MR) is 84.5 cm³/mol. The number of hydrogen-bond acceptors (Lipinski definition) is 2. The van der Waals surface area contributed by atoms with E-state index in [0.29, 0.717) is 6.04 Å². The second kappa shape index (κ2) is 6.81. The van der Waals surface area contributed by atoms with Crippen LogP contribution in [0, 0.1) is 5.92 Å². The van der Waals surface area contributed by atoms with Gasteiger partial charge in [0.15, 0.2) is 0 Å². The Morgan fingerprint density at radius 2 is 2.00 bits per heavy atom. The highest BCUT2D eigenvalue weighted by molar-refractivity contribution is 7.98. The molecule has 0 saturated heterocycles. The zero-order valence-corrected chi connectivity index (χ0v) is 12.6. The molecule has 1 fully saturated rings. The van der Waals surface area contributed by atoms with Crippen LogP contribution in [-0.2, 0) is 5.75 Å². The predicted octanol–water partition coefficient (Wildman–Crippen LogP) is 4.53. The summed E-state index contributed by atoms with van der Waals surface area (Å²) in [5.41, 5.74) is 3.08. The quantitative estimate of drug-likeness (QED) is 0.792. The highest BCUT2D eigenvalue weighted by atomic mass is 32.2. The van der Waals surface area contributed by atoms with Crippen molar-refractivity contribution in [3.05, 3.63) is 35.4 Å². The molecule has 1 heterocycles. The van der Waals surface area contributed by atoms with Gasteiger partial charge in [0, 0.05) is 17.5 Å². The lowest BCUT2D eigenvalue weighted by atomic mass is 10.0. The Balaban J connectivity index is 1.45. The summed E-state index contributed by atoms with van der Waals surface area (Å²) in [6, 6.07) is 9.53. The average molecular weight is 275 g/mol. The molecule has 0 amide bonds. The van der Waals surface area contributed by atoms with Gasteiger partial charge < -0.3 is 5.32 Å². The molecule has 0 aromatic heterocycles. The van der Waals surface area contributed by atoms with Crippen LogP contribution in [0.3, 0.4) is 0 Å². The van der Waals surface area contributed by atoms with E-state index in [0.717, 1.165) is 5.92 Å². The average Bonchev–Trinajstić information content (AvgIpc) is 2.97. The Kier molecular flexibility index (Phi) is 4.84. The van der Waals surface area contributed by atoms with Crippen LogP contribution in [0.25, 0.3) is 0 Å². The maximum Gasteiger partial charge on any atom is 0.0415 e. The molecule has 1 nitrogen and oxygen atoms in total. The molecule has 104 valence electrons. The fourth-order valence-electron chi connectivity index (χ4n) is 3.52. The smallest absolute Gasteiger partial charge is 0.0415 e. The lowest BCUT2D eigenvalue weighted by molar-refractivity contribution is 0.456. The number of rotatable bonds is 5. The molecule has 19 heavy (non-hydrogen) atoms. The van der Waals surface area contributed by atoms with Crippen molar-refractivity contribution in [2.45, 2.75) is 50.3 Å². The molecular formula is C17H25NS. The molecule has 1 aromatic carbocycles. The van der Waals surface area contributed by atoms with Gasteiger partial charge in [-0.1, -0.05) is 49.9 Å². The van der Waals surface area contributed by atoms with Crippen molar-refractivity contribution in [3.63, 3.8) is 0 Å². The fourth-order valence-corrected chi connectivity index (χ4v) is 4.65. The van der Waals surface area contributed by atoms with E-state index in [4.69, 9.17) is 0 Å². The lowest BCUT2D eigenvalue weighted by Crippen LogP contribution is -2.27. The molecule has 0 radical (unpaired) electrons. The molecule has 3 rings (SSSR count). The van der Waals surface area contributed by atoms with Crippen LogP contribution < -0.4 is 5.32 Å². The summed E-state index contributed by atoms with van der Waals surface area (Å²) in [5, 5.41) is 3.78. The Morgan fingerprint density at radius 3 is 2.89 bits per heavy atom. The third-order valence-electron chi connectivity index (χ3n) is 4.63. The SMILES string of the molecule is c1ccc2c(c1)CSCC2NCCCC1CCCC1. The molecule has 1 aliphatic carbocycles. The third kappa shape index (κ3) is 3.55. The van der Waals surface area contributed by atoms with Crippen LogP contribution in [-0.4, -0.2) is 12.3 Å². The first-order chi connectivity index (χ1) is 9.43. The van der Waals surface area contributed by atoms with Crippen molar-refractivity contribution < 1.29 is 0 Å². The maximum atomic E-state index is 3.78. The standard InChI is InChI=1S/C17H25NS/c1-2-7-14(6-1)8-5-11-18-17-13-19-12-15-9-3-4-10-16(15)17/h3-4,9-10,14,17-18H,1-2,5-8,11-13H2. The molecule has 1 N–H and O–H groups in total. The summed E-state index contributed by atoms with van der Waals surface area (Å²) >= 11 is 2.07. The summed E-state index contributed by atoms with van der Waals surface area (Å²) in [4.78, 5) is 0. The normalized spacial score (nSPS) is 23.5. The monoisotopic (exact) mass is 275 g/mol. The first-order valence-electron chi connectivity index (χ1n) is 7.82. The van der Waals surface area contributed by atoms with Gasteiger partial charge in [0.05, 0.1) is 0 Å². The number of benzene rings is 1. The Hall–Kier alpha value is -0.470. The minimum absolute atomic E-state index is 0.582. The van der Waals surface area contributed by atoms with E-state index in [-0.39, 0.29) is 0 Å². The molecule has 0 spiro atoms. The van der Waals surface area contributed by atoms with Crippen molar-refractivity contribution in [2.24, 2.45) is 5.92 Å². The largest absolute Gasteiger partial charge is 0.309 e. The minimum Gasteiger partial charge on any atom is -0.309 e. The highest BCUT2D eigenvalue weighted by Gasteiger charge is 2.19. The van der Waals surface area contributed by atoms with Gasteiger partial charge in [-0.25, -0.2) is 0 Å². The van der Waals surface area contributed by atoms with Gasteiger partial charge in [0.2, 0.25) is 0 Å². The summed E-state index contributed by atoms with van der Waals surface area (Å²) in [6.45, 7) is 1.19. The summed E-state index contributed by atoms with van der Waals surface area (Å²) in [6.07, 6.45) is 8.72. The van der Waals surface area contributed by atoms with E-state index in [1.165, 1.54) is 62.1 Å². The van der Waals surface area contributed by atoms with Crippen molar-refractivity contribution in [1.82, 2.24) is 5.32 Å². The molecule has 1 atom stereocenters. The molecule has 0 bridgehead atoms. The van der Waals surface area contributed by atoms with Crippen LogP contribution in [0.4, 0.5) is 0 Å². The Morgan fingerprint density at radius 1 is 1.16 bits per heavy atom. The van der Waals surface area contributed by atoms with Gasteiger partial charge in [0.1, 0.15) is 0 Å². The van der Waals surface area contributed by atoms with Crippen LogP contribution in [0.1, 0.15) is 55.7 Å². The van der Waals surface area contributed by atoms with Crippen LogP contribution >= 0.6 is 11.8 Å². The van der Waals surface area contributed by atoms with E-state index in [2.05, 4.69) is 41.3 Å². The molecule has 2 heteroatoms. The van der Waals surface area contributed by atoms with E-state index in [1.54, 1.807) is 5.56 Å². The highest BCUT2D eigenvalue weighted by Crippen LogP contribution is 2.32. The number of hydrogen-bond donors (Lipinski definition) is 1. The van der Waals surface area contributed by atoms with Gasteiger partial charge >= 0.3 is 0 Å². The van der Waals surface area contributed by atoms with Gasteiger partial charge in [-0.15, -0.1) is 0 Å². The molecule has 1 unspecified atom stereocenters. The van der Waals surface area contributed by atoms with E-state index in [1.807, 2.05) is 0 Å². The molecule has 1 aliphatic heterocycles. The van der Waals surface area contributed by atoms with E-state index in [9.17, 15) is 0 Å². The third-order valence-corrected chi connectivity index (χ3v) is 5.71. The molecule has 1 saturated carbocycles. The van der Waals surface area contributed by atoms with Gasteiger partial charge in [-0.2, -0.15) is 11.8 Å².